The fraction of sp³-hybridized carbons (Fsp3) is 0.391. The van der Waals surface area contributed by atoms with Crippen LogP contribution >= 0.6 is 0 Å². The maximum Gasteiger partial charge on any atom is 0.0701 e. The van der Waals surface area contributed by atoms with E-state index in [9.17, 15) is 0 Å². The average molecular weight is 412 g/mol. The summed E-state index contributed by atoms with van der Waals surface area (Å²) in [6.07, 6.45) is 7.24. The van der Waals surface area contributed by atoms with E-state index in [2.05, 4.69) is 26.7 Å². The lowest BCUT2D eigenvalue weighted by atomic mass is 10.2. The molecule has 3 aromatic rings. The molecule has 7 heteroatoms. The summed E-state index contributed by atoms with van der Waals surface area (Å²) >= 11 is 0. The van der Waals surface area contributed by atoms with Crippen molar-refractivity contribution in [1.82, 2.24) is 14.5 Å². The molecule has 0 aliphatic carbocycles. The van der Waals surface area contributed by atoms with E-state index in [1.807, 2.05) is 49.1 Å². The van der Waals surface area contributed by atoms with Crippen LogP contribution in [0.2, 0.25) is 0 Å². The molecule has 0 bridgehead atoms. The molecule has 0 aromatic carbocycles. The largest absolute Gasteiger partial charge is 0.382 e. The number of ether oxygens (including phenoxy) is 4. The first-order chi connectivity index (χ1) is 14.9. The minimum Gasteiger partial charge on any atom is -0.382 e. The fourth-order valence-corrected chi connectivity index (χ4v) is 3.10. The van der Waals surface area contributed by atoms with Gasteiger partial charge < -0.3 is 23.5 Å². The molecule has 0 atom stereocenters. The van der Waals surface area contributed by atoms with Crippen molar-refractivity contribution in [3.63, 3.8) is 0 Å². The molecule has 0 spiro atoms. The molecule has 0 radical (unpaired) electrons. The Kier molecular flexibility index (Phi) is 9.49. The van der Waals surface area contributed by atoms with Crippen molar-refractivity contribution in [2.24, 2.45) is 0 Å². The maximum atomic E-state index is 5.80. The van der Waals surface area contributed by atoms with E-state index in [0.29, 0.717) is 46.2 Å². The van der Waals surface area contributed by atoms with E-state index in [4.69, 9.17) is 18.9 Å². The van der Waals surface area contributed by atoms with Crippen LogP contribution in [-0.4, -0.2) is 67.9 Å². The molecule has 0 saturated heterocycles. The van der Waals surface area contributed by atoms with Crippen molar-refractivity contribution in [3.8, 4) is 22.5 Å². The number of rotatable bonds is 14. The molecule has 0 amide bonds. The van der Waals surface area contributed by atoms with Crippen molar-refractivity contribution in [2.75, 3.05) is 53.4 Å². The van der Waals surface area contributed by atoms with Crippen molar-refractivity contribution in [3.05, 3.63) is 61.2 Å². The second kappa shape index (κ2) is 12.9. The summed E-state index contributed by atoms with van der Waals surface area (Å²) in [7, 11) is 1.66. The lowest BCUT2D eigenvalue weighted by molar-refractivity contribution is 0.00282. The van der Waals surface area contributed by atoms with E-state index in [1.54, 1.807) is 7.11 Å². The number of pyridine rings is 2. The van der Waals surface area contributed by atoms with Gasteiger partial charge in [-0.15, -0.1) is 0 Å². The molecule has 3 rings (SSSR count). The van der Waals surface area contributed by atoms with Crippen molar-refractivity contribution in [2.45, 2.75) is 6.54 Å². The van der Waals surface area contributed by atoms with Crippen molar-refractivity contribution < 1.29 is 18.9 Å². The second-order valence-corrected chi connectivity index (χ2v) is 6.56. The molecule has 0 aliphatic rings. The Morgan fingerprint density at radius 2 is 1.03 bits per heavy atom. The number of nitrogens with zero attached hydrogens (tertiary/aromatic N) is 3. The van der Waals surface area contributed by atoms with E-state index < -0.39 is 0 Å². The van der Waals surface area contributed by atoms with Gasteiger partial charge >= 0.3 is 0 Å². The summed E-state index contributed by atoms with van der Waals surface area (Å²) in [5.74, 6) is 0. The summed E-state index contributed by atoms with van der Waals surface area (Å²) in [6.45, 7) is 4.75. The molecule has 0 fully saturated rings. The molecule has 0 saturated carbocycles. The highest BCUT2D eigenvalue weighted by Crippen LogP contribution is 2.28. The minimum absolute atomic E-state index is 0.549. The van der Waals surface area contributed by atoms with Gasteiger partial charge in [-0.3, -0.25) is 9.97 Å². The molecular weight excluding hydrogens is 382 g/mol. The van der Waals surface area contributed by atoms with Gasteiger partial charge in [-0.1, -0.05) is 0 Å². The third-order valence-electron chi connectivity index (χ3n) is 4.57. The SMILES string of the molecule is COCCOCCOCCOCCn1c(-c2ccncc2)ccc1-c1ccncc1. The zero-order valence-corrected chi connectivity index (χ0v) is 17.4. The van der Waals surface area contributed by atoms with Crippen LogP contribution in [-0.2, 0) is 25.5 Å². The third-order valence-corrected chi connectivity index (χ3v) is 4.57. The van der Waals surface area contributed by atoms with Crippen LogP contribution in [0, 0.1) is 0 Å². The van der Waals surface area contributed by atoms with Gasteiger partial charge in [0.2, 0.25) is 0 Å². The molecule has 3 heterocycles. The summed E-state index contributed by atoms with van der Waals surface area (Å²) in [5.41, 5.74) is 4.53. The van der Waals surface area contributed by atoms with Crippen LogP contribution in [0.15, 0.2) is 61.2 Å². The van der Waals surface area contributed by atoms with Crippen molar-refractivity contribution in [1.29, 1.82) is 0 Å². The number of hydrogen-bond donors (Lipinski definition) is 0. The predicted molar refractivity (Wildman–Crippen MR) is 115 cm³/mol. The van der Waals surface area contributed by atoms with Crippen LogP contribution in [0.3, 0.4) is 0 Å². The first-order valence-electron chi connectivity index (χ1n) is 10.1. The minimum atomic E-state index is 0.549. The van der Waals surface area contributed by atoms with Crippen LogP contribution in [0.1, 0.15) is 0 Å². The molecule has 0 unspecified atom stereocenters. The van der Waals surface area contributed by atoms with Gasteiger partial charge in [-0.25, -0.2) is 0 Å². The lowest BCUT2D eigenvalue weighted by Gasteiger charge is -2.14. The normalized spacial score (nSPS) is 11.1. The van der Waals surface area contributed by atoms with Gasteiger partial charge in [0.05, 0.1) is 46.2 Å². The first kappa shape index (κ1) is 22.1. The first-order valence-corrected chi connectivity index (χ1v) is 10.1. The zero-order valence-electron chi connectivity index (χ0n) is 17.4. The van der Waals surface area contributed by atoms with Gasteiger partial charge in [0.1, 0.15) is 0 Å². The molecule has 0 N–H and O–H groups in total. The van der Waals surface area contributed by atoms with Gasteiger partial charge in [-0.2, -0.15) is 0 Å². The monoisotopic (exact) mass is 411 g/mol. The molecule has 30 heavy (non-hydrogen) atoms. The zero-order chi connectivity index (χ0) is 20.9. The molecule has 7 nitrogen and oxygen atoms in total. The average Bonchev–Trinajstić information content (AvgIpc) is 3.22. The van der Waals surface area contributed by atoms with E-state index in [1.165, 1.54) is 0 Å². The Morgan fingerprint density at radius 3 is 1.50 bits per heavy atom. The molecular formula is C23H29N3O4. The fourth-order valence-electron chi connectivity index (χ4n) is 3.10. The van der Waals surface area contributed by atoms with Gasteiger partial charge in [0.25, 0.3) is 0 Å². The lowest BCUT2D eigenvalue weighted by Crippen LogP contribution is -2.13. The second-order valence-electron chi connectivity index (χ2n) is 6.56. The number of methoxy groups -OCH3 is 1. The van der Waals surface area contributed by atoms with E-state index in [-0.39, 0.29) is 0 Å². The van der Waals surface area contributed by atoms with Gasteiger partial charge in [0, 0.05) is 61.0 Å². The smallest absolute Gasteiger partial charge is 0.0701 e. The van der Waals surface area contributed by atoms with Crippen LogP contribution in [0.25, 0.3) is 22.5 Å². The van der Waals surface area contributed by atoms with Crippen LogP contribution in [0.4, 0.5) is 0 Å². The highest BCUT2D eigenvalue weighted by molar-refractivity contribution is 5.69. The maximum absolute atomic E-state index is 5.80. The Balaban J connectivity index is 1.50. The van der Waals surface area contributed by atoms with E-state index in [0.717, 1.165) is 29.1 Å². The molecule has 0 aliphatic heterocycles. The Hall–Kier alpha value is -2.58. The number of aromatic nitrogens is 3. The van der Waals surface area contributed by atoms with Crippen LogP contribution in [0.5, 0.6) is 0 Å². The summed E-state index contributed by atoms with van der Waals surface area (Å²) < 4.78 is 23.9. The third kappa shape index (κ3) is 6.74. The number of hydrogen-bond acceptors (Lipinski definition) is 6. The topological polar surface area (TPSA) is 67.6 Å². The molecule has 3 aromatic heterocycles. The predicted octanol–water partition coefficient (Wildman–Crippen LogP) is 3.31. The summed E-state index contributed by atoms with van der Waals surface area (Å²) in [4.78, 5) is 8.25. The van der Waals surface area contributed by atoms with Gasteiger partial charge in [-0.05, 0) is 36.4 Å². The summed E-state index contributed by atoms with van der Waals surface area (Å²) in [5, 5.41) is 0. The molecule has 160 valence electrons. The Labute approximate surface area is 177 Å². The van der Waals surface area contributed by atoms with Crippen molar-refractivity contribution >= 4 is 0 Å². The highest BCUT2D eigenvalue weighted by atomic mass is 16.6. The van der Waals surface area contributed by atoms with Crippen LogP contribution < -0.4 is 0 Å². The quantitative estimate of drug-likeness (QED) is 0.379. The van der Waals surface area contributed by atoms with Gasteiger partial charge in [0.15, 0.2) is 0 Å². The Morgan fingerprint density at radius 1 is 0.600 bits per heavy atom. The van der Waals surface area contributed by atoms with E-state index >= 15 is 0 Å². The Bertz CT molecular complexity index is 783. The standard InChI is InChI=1S/C23H29N3O4/c1-27-14-15-29-18-19-30-17-16-28-13-12-26-22(20-4-8-24-9-5-20)2-3-23(26)21-6-10-25-11-7-21/h2-11H,12-19H2,1H3. The summed E-state index contributed by atoms with van der Waals surface area (Å²) in [6, 6.07) is 12.4. The highest BCUT2D eigenvalue weighted by Gasteiger charge is 2.11.